The molecule has 0 fully saturated rings. The SMILES string of the molecule is Cc1ccc(Cn2ccc3cccc(Cl)c32)cc1C. The Labute approximate surface area is 118 Å². The van der Waals surface area contributed by atoms with Crippen LogP contribution in [0.2, 0.25) is 5.02 Å². The van der Waals surface area contributed by atoms with E-state index in [9.17, 15) is 0 Å². The maximum Gasteiger partial charge on any atom is 0.0672 e. The topological polar surface area (TPSA) is 4.93 Å². The highest BCUT2D eigenvalue weighted by molar-refractivity contribution is 6.35. The summed E-state index contributed by atoms with van der Waals surface area (Å²) in [6.07, 6.45) is 2.10. The summed E-state index contributed by atoms with van der Waals surface area (Å²) in [6, 6.07) is 14.8. The molecule has 0 amide bonds. The first-order chi connectivity index (χ1) is 9.15. The number of rotatable bonds is 2. The largest absolute Gasteiger partial charge is 0.342 e. The molecular formula is C17H16ClN. The molecule has 1 aromatic heterocycles. The van der Waals surface area contributed by atoms with Crippen molar-refractivity contribution in [1.29, 1.82) is 0 Å². The van der Waals surface area contributed by atoms with Crippen molar-refractivity contribution < 1.29 is 0 Å². The van der Waals surface area contributed by atoms with Crippen LogP contribution in [0.5, 0.6) is 0 Å². The molecule has 0 bridgehead atoms. The first-order valence-corrected chi connectivity index (χ1v) is 6.82. The Morgan fingerprint density at radius 2 is 1.84 bits per heavy atom. The Morgan fingerprint density at radius 1 is 1.00 bits per heavy atom. The van der Waals surface area contributed by atoms with Gasteiger partial charge < -0.3 is 4.57 Å². The van der Waals surface area contributed by atoms with Crippen molar-refractivity contribution in [3.8, 4) is 0 Å². The third-order valence-electron chi connectivity index (χ3n) is 3.66. The van der Waals surface area contributed by atoms with E-state index in [4.69, 9.17) is 11.6 Å². The smallest absolute Gasteiger partial charge is 0.0672 e. The first kappa shape index (κ1) is 12.3. The Hall–Kier alpha value is -1.73. The second-order valence-electron chi connectivity index (χ2n) is 5.04. The lowest BCUT2D eigenvalue weighted by Gasteiger charge is -2.09. The van der Waals surface area contributed by atoms with Crippen LogP contribution in [0.3, 0.4) is 0 Å². The minimum atomic E-state index is 0.811. The summed E-state index contributed by atoms with van der Waals surface area (Å²) in [6.45, 7) is 5.15. The lowest BCUT2D eigenvalue weighted by Crippen LogP contribution is -1.99. The molecule has 0 aliphatic carbocycles. The molecule has 3 rings (SSSR count). The van der Waals surface area contributed by atoms with Crippen LogP contribution in [-0.4, -0.2) is 4.57 Å². The second kappa shape index (κ2) is 4.75. The number of fused-ring (bicyclic) bond motifs is 1. The summed E-state index contributed by atoms with van der Waals surface area (Å²) in [5.41, 5.74) is 5.09. The normalized spacial score (nSPS) is 11.1. The van der Waals surface area contributed by atoms with Gasteiger partial charge in [-0.2, -0.15) is 0 Å². The number of halogens is 1. The van der Waals surface area contributed by atoms with Crippen LogP contribution >= 0.6 is 11.6 Å². The molecule has 0 aliphatic rings. The molecule has 0 unspecified atom stereocenters. The lowest BCUT2D eigenvalue weighted by atomic mass is 10.1. The third kappa shape index (κ3) is 2.26. The Balaban J connectivity index is 2.03. The number of benzene rings is 2. The molecule has 0 saturated heterocycles. The fourth-order valence-corrected chi connectivity index (χ4v) is 2.74. The standard InChI is InChI=1S/C17H16ClN/c1-12-6-7-14(10-13(12)2)11-19-9-8-15-4-3-5-16(18)17(15)19/h3-10H,11H2,1-2H3. The summed E-state index contributed by atoms with van der Waals surface area (Å²) in [7, 11) is 0. The van der Waals surface area contributed by atoms with Gasteiger partial charge in [0.15, 0.2) is 0 Å². The fourth-order valence-electron chi connectivity index (χ4n) is 2.44. The van der Waals surface area contributed by atoms with E-state index in [2.05, 4.69) is 54.9 Å². The van der Waals surface area contributed by atoms with E-state index in [0.29, 0.717) is 0 Å². The predicted molar refractivity (Wildman–Crippen MR) is 82.0 cm³/mol. The van der Waals surface area contributed by atoms with E-state index >= 15 is 0 Å². The van der Waals surface area contributed by atoms with E-state index in [1.54, 1.807) is 0 Å². The van der Waals surface area contributed by atoms with Crippen molar-refractivity contribution in [2.45, 2.75) is 20.4 Å². The molecular weight excluding hydrogens is 254 g/mol. The zero-order chi connectivity index (χ0) is 13.4. The number of nitrogens with zero attached hydrogens (tertiary/aromatic N) is 1. The maximum atomic E-state index is 6.31. The van der Waals surface area contributed by atoms with Crippen LogP contribution in [0.25, 0.3) is 10.9 Å². The Kier molecular flexibility index (Phi) is 3.08. The van der Waals surface area contributed by atoms with Gasteiger partial charge in [0.25, 0.3) is 0 Å². The molecule has 3 aromatic rings. The van der Waals surface area contributed by atoms with Crippen LogP contribution in [0.15, 0.2) is 48.7 Å². The average molecular weight is 270 g/mol. The molecule has 0 aliphatic heterocycles. The number of para-hydroxylation sites is 1. The van der Waals surface area contributed by atoms with E-state index < -0.39 is 0 Å². The van der Waals surface area contributed by atoms with E-state index in [1.807, 2.05) is 12.1 Å². The third-order valence-corrected chi connectivity index (χ3v) is 3.97. The molecule has 1 nitrogen and oxygen atoms in total. The van der Waals surface area contributed by atoms with Crippen molar-refractivity contribution in [3.63, 3.8) is 0 Å². The van der Waals surface area contributed by atoms with Crippen LogP contribution in [0, 0.1) is 13.8 Å². The fraction of sp³-hybridized carbons (Fsp3) is 0.176. The summed E-state index contributed by atoms with van der Waals surface area (Å²) in [5.74, 6) is 0. The predicted octanol–water partition coefficient (Wildman–Crippen LogP) is 4.96. The summed E-state index contributed by atoms with van der Waals surface area (Å²) in [5, 5.41) is 2.00. The van der Waals surface area contributed by atoms with Gasteiger partial charge in [0.2, 0.25) is 0 Å². The molecule has 2 aromatic carbocycles. The molecule has 96 valence electrons. The molecule has 1 heterocycles. The van der Waals surface area contributed by atoms with E-state index in [0.717, 1.165) is 17.1 Å². The molecule has 0 saturated carbocycles. The summed E-state index contributed by atoms with van der Waals surface area (Å²) in [4.78, 5) is 0. The maximum absolute atomic E-state index is 6.31. The summed E-state index contributed by atoms with van der Waals surface area (Å²) >= 11 is 6.31. The van der Waals surface area contributed by atoms with Gasteiger partial charge in [0.1, 0.15) is 0 Å². The number of hydrogen-bond acceptors (Lipinski definition) is 0. The zero-order valence-corrected chi connectivity index (χ0v) is 11.9. The quantitative estimate of drug-likeness (QED) is 0.620. The van der Waals surface area contributed by atoms with Gasteiger partial charge in [0.05, 0.1) is 10.5 Å². The summed E-state index contributed by atoms with van der Waals surface area (Å²) < 4.78 is 2.21. The van der Waals surface area contributed by atoms with Crippen molar-refractivity contribution in [2.24, 2.45) is 0 Å². The van der Waals surface area contributed by atoms with Gasteiger partial charge in [-0.05, 0) is 42.7 Å². The molecule has 2 heteroatoms. The average Bonchev–Trinajstić information content (AvgIpc) is 2.79. The highest BCUT2D eigenvalue weighted by Crippen LogP contribution is 2.25. The second-order valence-corrected chi connectivity index (χ2v) is 5.45. The minimum absolute atomic E-state index is 0.811. The number of aryl methyl sites for hydroxylation is 2. The molecule has 0 radical (unpaired) electrons. The molecule has 0 N–H and O–H groups in total. The highest BCUT2D eigenvalue weighted by atomic mass is 35.5. The number of aromatic nitrogens is 1. The molecule has 19 heavy (non-hydrogen) atoms. The van der Waals surface area contributed by atoms with Crippen LogP contribution in [-0.2, 0) is 6.54 Å². The highest BCUT2D eigenvalue weighted by Gasteiger charge is 2.05. The van der Waals surface area contributed by atoms with Gasteiger partial charge in [0, 0.05) is 18.1 Å². The van der Waals surface area contributed by atoms with Crippen LogP contribution in [0.1, 0.15) is 16.7 Å². The van der Waals surface area contributed by atoms with Crippen LogP contribution < -0.4 is 0 Å². The van der Waals surface area contributed by atoms with Gasteiger partial charge in [-0.25, -0.2) is 0 Å². The first-order valence-electron chi connectivity index (χ1n) is 6.44. The number of hydrogen-bond donors (Lipinski definition) is 0. The van der Waals surface area contributed by atoms with Crippen molar-refractivity contribution in [1.82, 2.24) is 4.57 Å². The molecule has 0 spiro atoms. The monoisotopic (exact) mass is 269 g/mol. The lowest BCUT2D eigenvalue weighted by molar-refractivity contribution is 0.835. The van der Waals surface area contributed by atoms with Crippen molar-refractivity contribution in [2.75, 3.05) is 0 Å². The molecule has 0 atom stereocenters. The van der Waals surface area contributed by atoms with Crippen molar-refractivity contribution in [3.05, 3.63) is 70.4 Å². The van der Waals surface area contributed by atoms with Crippen LogP contribution in [0.4, 0.5) is 0 Å². The minimum Gasteiger partial charge on any atom is -0.342 e. The zero-order valence-electron chi connectivity index (χ0n) is 11.2. The van der Waals surface area contributed by atoms with Crippen molar-refractivity contribution >= 4 is 22.5 Å². The van der Waals surface area contributed by atoms with Gasteiger partial charge >= 0.3 is 0 Å². The Morgan fingerprint density at radius 3 is 2.63 bits per heavy atom. The van der Waals surface area contributed by atoms with Gasteiger partial charge in [-0.3, -0.25) is 0 Å². The van der Waals surface area contributed by atoms with Gasteiger partial charge in [-0.15, -0.1) is 0 Å². The van der Waals surface area contributed by atoms with Gasteiger partial charge in [-0.1, -0.05) is 41.9 Å². The van der Waals surface area contributed by atoms with E-state index in [-0.39, 0.29) is 0 Å². The van der Waals surface area contributed by atoms with E-state index in [1.165, 1.54) is 22.1 Å². The Bertz CT molecular complexity index is 740.